The van der Waals surface area contributed by atoms with Gasteiger partial charge in [0.15, 0.2) is 0 Å². The monoisotopic (exact) mass is 435 g/mol. The molecule has 1 saturated heterocycles. The van der Waals surface area contributed by atoms with E-state index >= 15 is 0 Å². The van der Waals surface area contributed by atoms with Crippen LogP contribution >= 0.6 is 11.3 Å². The number of amides is 1. The summed E-state index contributed by atoms with van der Waals surface area (Å²) in [5.74, 6) is 1.27. The maximum atomic E-state index is 12.0. The zero-order valence-corrected chi connectivity index (χ0v) is 18.2. The number of carbonyl (C=O) groups excluding carboxylic acids is 1. The Morgan fingerprint density at radius 2 is 2.10 bits per heavy atom. The second-order valence-electron chi connectivity index (χ2n) is 7.96. The van der Waals surface area contributed by atoms with Gasteiger partial charge in [-0.15, -0.1) is 11.3 Å². The summed E-state index contributed by atoms with van der Waals surface area (Å²) in [6.07, 6.45) is 4.39. The third-order valence-electron chi connectivity index (χ3n) is 6.16. The summed E-state index contributed by atoms with van der Waals surface area (Å²) >= 11 is 1.80. The van der Waals surface area contributed by atoms with Gasteiger partial charge >= 0.3 is 0 Å². The van der Waals surface area contributed by atoms with E-state index in [0.29, 0.717) is 11.4 Å². The van der Waals surface area contributed by atoms with Crippen LogP contribution in [0.4, 0.5) is 11.6 Å². The molecule has 7 nitrogen and oxygen atoms in total. The molecule has 8 heteroatoms. The van der Waals surface area contributed by atoms with Gasteiger partial charge in [0.1, 0.15) is 11.6 Å². The van der Waals surface area contributed by atoms with Crippen LogP contribution in [0.1, 0.15) is 33.6 Å². The van der Waals surface area contributed by atoms with Crippen LogP contribution < -0.4 is 16.0 Å². The fourth-order valence-electron chi connectivity index (χ4n) is 4.52. The zero-order valence-electron chi connectivity index (χ0n) is 17.4. The van der Waals surface area contributed by atoms with Gasteiger partial charge in [-0.05, 0) is 48.7 Å². The lowest BCUT2D eigenvalue weighted by Crippen LogP contribution is -2.46. The number of hydrogen-bond acceptors (Lipinski definition) is 7. The Hall–Kier alpha value is -2.97. The number of pyridine rings is 2. The molecule has 160 valence electrons. The Morgan fingerprint density at radius 1 is 1.26 bits per heavy atom. The maximum Gasteiger partial charge on any atom is 0.251 e. The number of anilines is 2. The van der Waals surface area contributed by atoms with Crippen LogP contribution in [0.25, 0.3) is 10.6 Å². The standard InChI is InChI=1S/C23H25N5O2S/c1-25-22(29)15-5-9-26-21(13-15)28-10-7-23(8-11-28)16-14-19(31-18(16)6-12-30-23)17-3-2-4-20(24)27-17/h2-5,9,13-14H,6-8,10-12H2,1H3,(H2,24,27)(H,25,29). The largest absolute Gasteiger partial charge is 0.384 e. The van der Waals surface area contributed by atoms with Crippen LogP contribution in [0.15, 0.2) is 42.6 Å². The van der Waals surface area contributed by atoms with Gasteiger partial charge in [0, 0.05) is 43.2 Å². The van der Waals surface area contributed by atoms with E-state index in [-0.39, 0.29) is 11.5 Å². The van der Waals surface area contributed by atoms with E-state index in [0.717, 1.165) is 55.3 Å². The average molecular weight is 436 g/mol. The number of aromatic nitrogens is 2. The first-order valence-corrected chi connectivity index (χ1v) is 11.3. The van der Waals surface area contributed by atoms with Crippen LogP contribution in [0.5, 0.6) is 0 Å². The summed E-state index contributed by atoms with van der Waals surface area (Å²) in [5, 5.41) is 2.67. The van der Waals surface area contributed by atoms with Crippen LogP contribution in [-0.2, 0) is 16.8 Å². The van der Waals surface area contributed by atoms with Crippen molar-refractivity contribution in [2.75, 3.05) is 37.4 Å². The normalized spacial score (nSPS) is 17.4. The molecule has 5 heterocycles. The number of ether oxygens (including phenoxy) is 1. The van der Waals surface area contributed by atoms with Crippen molar-refractivity contribution in [3.05, 3.63) is 58.6 Å². The van der Waals surface area contributed by atoms with E-state index < -0.39 is 0 Å². The van der Waals surface area contributed by atoms with Crippen LogP contribution in [-0.4, -0.2) is 42.6 Å². The van der Waals surface area contributed by atoms with Crippen LogP contribution in [0.2, 0.25) is 0 Å². The zero-order chi connectivity index (χ0) is 21.4. The van der Waals surface area contributed by atoms with Crippen molar-refractivity contribution in [3.8, 4) is 10.6 Å². The number of nitrogen functional groups attached to an aromatic ring is 1. The number of thiophene rings is 1. The van der Waals surface area contributed by atoms with Gasteiger partial charge in [0.2, 0.25) is 0 Å². The van der Waals surface area contributed by atoms with Gasteiger partial charge in [0.05, 0.1) is 22.8 Å². The minimum absolute atomic E-state index is 0.0988. The maximum absolute atomic E-state index is 12.0. The molecule has 2 aliphatic heterocycles. The molecule has 0 unspecified atom stereocenters. The minimum atomic E-state index is -0.266. The number of nitrogens with one attached hydrogen (secondary N) is 1. The summed E-state index contributed by atoms with van der Waals surface area (Å²) in [5.41, 5.74) is 8.47. The molecule has 2 aliphatic rings. The highest BCUT2D eigenvalue weighted by molar-refractivity contribution is 7.15. The second-order valence-corrected chi connectivity index (χ2v) is 9.09. The van der Waals surface area contributed by atoms with E-state index in [1.54, 1.807) is 30.6 Å². The molecule has 3 N–H and O–H groups in total. The summed E-state index contributed by atoms with van der Waals surface area (Å²) in [6.45, 7) is 2.39. The number of nitrogens with zero attached hydrogens (tertiary/aromatic N) is 3. The highest BCUT2D eigenvalue weighted by atomic mass is 32.1. The van der Waals surface area contributed by atoms with E-state index in [1.807, 2.05) is 24.3 Å². The lowest BCUT2D eigenvalue weighted by atomic mass is 9.82. The molecule has 0 saturated carbocycles. The fraction of sp³-hybridized carbons (Fsp3) is 0.348. The Kier molecular flexibility index (Phi) is 5.11. The molecule has 0 radical (unpaired) electrons. The first kappa shape index (κ1) is 20.0. The molecule has 0 aromatic carbocycles. The highest BCUT2D eigenvalue weighted by Crippen LogP contribution is 2.46. The first-order chi connectivity index (χ1) is 15.1. The Balaban J connectivity index is 1.39. The third kappa shape index (κ3) is 3.66. The molecule has 3 aromatic heterocycles. The number of nitrogens with two attached hydrogens (primary N) is 1. The van der Waals surface area contributed by atoms with Crippen LogP contribution in [0.3, 0.4) is 0 Å². The van der Waals surface area contributed by atoms with Gasteiger partial charge in [-0.1, -0.05) is 6.07 Å². The van der Waals surface area contributed by atoms with Gasteiger partial charge in [-0.25, -0.2) is 9.97 Å². The van der Waals surface area contributed by atoms with E-state index in [9.17, 15) is 4.79 Å². The SMILES string of the molecule is CNC(=O)c1ccnc(N2CCC3(CC2)OCCc2sc(-c4cccc(N)n4)cc23)c1. The quantitative estimate of drug-likeness (QED) is 0.656. The number of fused-ring (bicyclic) bond motifs is 2. The highest BCUT2D eigenvalue weighted by Gasteiger charge is 2.42. The summed E-state index contributed by atoms with van der Waals surface area (Å²) < 4.78 is 6.42. The molecule has 0 aliphatic carbocycles. The van der Waals surface area contributed by atoms with Gasteiger partial charge < -0.3 is 20.7 Å². The molecule has 31 heavy (non-hydrogen) atoms. The van der Waals surface area contributed by atoms with Gasteiger partial charge in [0.25, 0.3) is 5.91 Å². The van der Waals surface area contributed by atoms with E-state index in [4.69, 9.17) is 10.5 Å². The first-order valence-electron chi connectivity index (χ1n) is 10.5. The lowest BCUT2D eigenvalue weighted by Gasteiger charge is -2.44. The Labute approximate surface area is 185 Å². The average Bonchev–Trinajstić information content (AvgIpc) is 3.25. The molecule has 5 rings (SSSR count). The molecule has 1 fully saturated rings. The smallest absolute Gasteiger partial charge is 0.251 e. The van der Waals surface area contributed by atoms with Crippen molar-refractivity contribution >= 4 is 28.9 Å². The number of hydrogen-bond donors (Lipinski definition) is 2. The molecular formula is C23H25N5O2S. The van der Waals surface area contributed by atoms with E-state index in [1.165, 1.54) is 10.4 Å². The van der Waals surface area contributed by atoms with Crippen molar-refractivity contribution < 1.29 is 9.53 Å². The van der Waals surface area contributed by atoms with Crippen molar-refractivity contribution in [1.29, 1.82) is 0 Å². The lowest BCUT2D eigenvalue weighted by molar-refractivity contribution is -0.0757. The molecule has 0 bridgehead atoms. The fourth-order valence-corrected chi connectivity index (χ4v) is 5.72. The number of carbonyl (C=O) groups is 1. The minimum Gasteiger partial charge on any atom is -0.384 e. The molecule has 0 atom stereocenters. The molecular weight excluding hydrogens is 410 g/mol. The van der Waals surface area contributed by atoms with Crippen LogP contribution in [0, 0.1) is 0 Å². The Bertz CT molecular complexity index is 1120. The number of rotatable bonds is 3. The van der Waals surface area contributed by atoms with Crippen molar-refractivity contribution in [2.24, 2.45) is 0 Å². The van der Waals surface area contributed by atoms with E-state index in [2.05, 4.69) is 26.3 Å². The van der Waals surface area contributed by atoms with Gasteiger partial charge in [-0.2, -0.15) is 0 Å². The van der Waals surface area contributed by atoms with Crippen molar-refractivity contribution in [3.63, 3.8) is 0 Å². The molecule has 1 amide bonds. The predicted molar refractivity (Wildman–Crippen MR) is 122 cm³/mol. The topological polar surface area (TPSA) is 93.4 Å². The predicted octanol–water partition coefficient (Wildman–Crippen LogP) is 3.22. The Morgan fingerprint density at radius 3 is 2.87 bits per heavy atom. The third-order valence-corrected chi connectivity index (χ3v) is 7.38. The summed E-state index contributed by atoms with van der Waals surface area (Å²) in [4.78, 5) is 25.7. The number of piperidine rings is 1. The van der Waals surface area contributed by atoms with Crippen molar-refractivity contribution in [2.45, 2.75) is 24.9 Å². The summed E-state index contributed by atoms with van der Waals surface area (Å²) in [6, 6.07) is 11.6. The molecule has 3 aromatic rings. The van der Waals surface area contributed by atoms with Crippen molar-refractivity contribution in [1.82, 2.24) is 15.3 Å². The van der Waals surface area contributed by atoms with Gasteiger partial charge in [-0.3, -0.25) is 4.79 Å². The summed E-state index contributed by atoms with van der Waals surface area (Å²) in [7, 11) is 1.64. The second kappa shape index (κ2) is 7.94. The molecule has 1 spiro atoms.